The van der Waals surface area contributed by atoms with Gasteiger partial charge in [-0.05, 0) is 6.07 Å². The van der Waals surface area contributed by atoms with Crippen LogP contribution < -0.4 is 5.32 Å². The number of hydrogen-bond acceptors (Lipinski definition) is 4. The van der Waals surface area contributed by atoms with E-state index in [0.717, 1.165) is 24.3 Å². The van der Waals surface area contributed by atoms with Crippen molar-refractivity contribution in [3.8, 4) is 0 Å². The smallest absolute Gasteiger partial charge is 0.244 e. The van der Waals surface area contributed by atoms with Crippen molar-refractivity contribution in [2.24, 2.45) is 0 Å². The highest BCUT2D eigenvalue weighted by Crippen LogP contribution is 2.22. The van der Waals surface area contributed by atoms with Crippen molar-refractivity contribution in [2.45, 2.75) is 19.1 Å². The molecule has 6 heteroatoms. The fourth-order valence-corrected chi connectivity index (χ4v) is 2.50. The quantitative estimate of drug-likeness (QED) is 0.885. The molecule has 2 aromatic heterocycles. The number of amides is 1. The maximum absolute atomic E-state index is 12.0. The topological polar surface area (TPSA) is 63.3 Å². The van der Waals surface area contributed by atoms with E-state index in [1.54, 1.807) is 25.9 Å². The Kier molecular flexibility index (Phi) is 3.08. The molecule has 1 atom stereocenters. The predicted octanol–water partition coefficient (Wildman–Crippen LogP) is 0.779. The van der Waals surface area contributed by atoms with Gasteiger partial charge in [-0.25, -0.2) is 4.98 Å². The Hall–Kier alpha value is -2.08. The maximum Gasteiger partial charge on any atom is 0.244 e. The summed E-state index contributed by atoms with van der Waals surface area (Å²) >= 11 is 0. The number of nitrogens with one attached hydrogen (secondary N) is 1. The van der Waals surface area contributed by atoms with Gasteiger partial charge >= 0.3 is 0 Å². The molecule has 1 unspecified atom stereocenters. The monoisotopic (exact) mass is 260 g/mol. The Morgan fingerprint density at radius 1 is 1.63 bits per heavy atom. The van der Waals surface area contributed by atoms with Crippen molar-refractivity contribution in [2.75, 3.05) is 13.6 Å². The largest absolute Gasteiger partial charge is 0.472 e. The second-order valence-electron chi connectivity index (χ2n) is 4.72. The lowest BCUT2D eigenvalue weighted by molar-refractivity contribution is -0.125. The van der Waals surface area contributed by atoms with Crippen molar-refractivity contribution in [1.29, 1.82) is 0 Å². The number of carbonyl (C=O) groups is 1. The highest BCUT2D eigenvalue weighted by Gasteiger charge is 2.29. The number of likely N-dealkylation sites (N-methyl/N-ethyl adjacent to an activating group) is 1. The molecule has 0 spiro atoms. The minimum Gasteiger partial charge on any atom is -0.472 e. The van der Waals surface area contributed by atoms with Gasteiger partial charge in [0.15, 0.2) is 0 Å². The van der Waals surface area contributed by atoms with Gasteiger partial charge in [0, 0.05) is 38.4 Å². The molecule has 6 nitrogen and oxygen atoms in total. The van der Waals surface area contributed by atoms with Crippen LogP contribution in [0.4, 0.5) is 0 Å². The van der Waals surface area contributed by atoms with E-state index in [2.05, 4.69) is 15.2 Å². The van der Waals surface area contributed by atoms with Crippen molar-refractivity contribution >= 4 is 5.91 Å². The lowest BCUT2D eigenvalue weighted by Gasteiger charge is -2.33. The summed E-state index contributed by atoms with van der Waals surface area (Å²) in [4.78, 5) is 18.3. The Morgan fingerprint density at radius 3 is 3.26 bits per heavy atom. The van der Waals surface area contributed by atoms with Crippen LogP contribution in [0.3, 0.4) is 0 Å². The molecule has 0 aromatic carbocycles. The first-order valence-corrected chi connectivity index (χ1v) is 6.23. The van der Waals surface area contributed by atoms with Gasteiger partial charge in [0.1, 0.15) is 6.04 Å². The molecule has 0 bridgehead atoms. The Morgan fingerprint density at radius 2 is 2.53 bits per heavy atom. The molecule has 0 aliphatic carbocycles. The molecule has 0 saturated carbocycles. The first-order valence-electron chi connectivity index (χ1n) is 6.23. The molecule has 1 amide bonds. The molecule has 3 heterocycles. The van der Waals surface area contributed by atoms with E-state index < -0.39 is 0 Å². The second-order valence-corrected chi connectivity index (χ2v) is 4.72. The summed E-state index contributed by atoms with van der Waals surface area (Å²) in [5.74, 6) is 0.0103. The SMILES string of the molecule is CNC(=O)C1CN(Cc2ccoc2)Cc2cncn21. The summed E-state index contributed by atoms with van der Waals surface area (Å²) in [6.07, 6.45) is 6.95. The molecular weight excluding hydrogens is 244 g/mol. The van der Waals surface area contributed by atoms with Gasteiger partial charge < -0.3 is 14.3 Å². The Bertz CT molecular complexity index is 561. The number of carbonyl (C=O) groups excluding carboxylic acids is 1. The molecule has 2 aromatic rings. The highest BCUT2D eigenvalue weighted by atomic mass is 16.3. The van der Waals surface area contributed by atoms with Crippen molar-refractivity contribution in [3.63, 3.8) is 0 Å². The number of nitrogens with zero attached hydrogens (tertiary/aromatic N) is 3. The molecule has 19 heavy (non-hydrogen) atoms. The molecule has 3 rings (SSSR count). The van der Waals surface area contributed by atoms with Crippen molar-refractivity contribution < 1.29 is 9.21 Å². The van der Waals surface area contributed by atoms with Gasteiger partial charge in [0.25, 0.3) is 0 Å². The van der Waals surface area contributed by atoms with Crippen LogP contribution in [0.15, 0.2) is 35.5 Å². The predicted molar refractivity (Wildman–Crippen MR) is 68.2 cm³/mol. The molecule has 1 N–H and O–H groups in total. The maximum atomic E-state index is 12.0. The number of rotatable bonds is 3. The van der Waals surface area contributed by atoms with Gasteiger partial charge in [0.05, 0.1) is 24.5 Å². The number of aromatic nitrogens is 2. The van der Waals surface area contributed by atoms with E-state index >= 15 is 0 Å². The van der Waals surface area contributed by atoms with Crippen LogP contribution in [0.1, 0.15) is 17.3 Å². The minimum absolute atomic E-state index is 0.0103. The number of furan rings is 1. The zero-order chi connectivity index (χ0) is 13.2. The Labute approximate surface area is 111 Å². The molecular formula is C13H16N4O2. The molecule has 100 valence electrons. The highest BCUT2D eigenvalue weighted by molar-refractivity contribution is 5.80. The minimum atomic E-state index is -0.219. The third kappa shape index (κ3) is 2.26. The first kappa shape index (κ1) is 12.0. The summed E-state index contributed by atoms with van der Waals surface area (Å²) < 4.78 is 7.03. The van der Waals surface area contributed by atoms with Gasteiger partial charge in [-0.2, -0.15) is 0 Å². The van der Waals surface area contributed by atoms with E-state index in [1.165, 1.54) is 0 Å². The lowest BCUT2D eigenvalue weighted by Crippen LogP contribution is -2.43. The van der Waals surface area contributed by atoms with Crippen LogP contribution in [-0.2, 0) is 17.9 Å². The van der Waals surface area contributed by atoms with Crippen molar-refractivity contribution in [1.82, 2.24) is 19.8 Å². The average Bonchev–Trinajstić information content (AvgIpc) is 3.07. The number of imidazole rings is 1. The third-order valence-electron chi connectivity index (χ3n) is 3.43. The summed E-state index contributed by atoms with van der Waals surface area (Å²) in [5, 5.41) is 2.71. The van der Waals surface area contributed by atoms with Crippen molar-refractivity contribution in [3.05, 3.63) is 42.4 Å². The number of fused-ring (bicyclic) bond motifs is 1. The molecule has 0 fully saturated rings. The van der Waals surface area contributed by atoms with E-state index in [0.29, 0.717) is 6.54 Å². The fraction of sp³-hybridized carbons (Fsp3) is 0.385. The normalized spacial score (nSPS) is 19.1. The van der Waals surface area contributed by atoms with E-state index in [9.17, 15) is 4.79 Å². The standard InChI is InChI=1S/C13H16N4O2/c1-14-13(18)12-7-16(5-10-2-3-19-8-10)6-11-4-15-9-17(11)12/h2-4,8-9,12H,5-7H2,1H3,(H,14,18). The van der Waals surface area contributed by atoms with E-state index in [-0.39, 0.29) is 11.9 Å². The van der Waals surface area contributed by atoms with Gasteiger partial charge in [-0.3, -0.25) is 9.69 Å². The zero-order valence-corrected chi connectivity index (χ0v) is 10.7. The van der Waals surface area contributed by atoms with Crippen LogP contribution in [0, 0.1) is 0 Å². The summed E-state index contributed by atoms with van der Waals surface area (Å²) in [7, 11) is 1.66. The molecule has 1 aliphatic rings. The fourth-order valence-electron chi connectivity index (χ4n) is 2.50. The zero-order valence-electron chi connectivity index (χ0n) is 10.7. The summed E-state index contributed by atoms with van der Waals surface area (Å²) in [6, 6.07) is 1.73. The van der Waals surface area contributed by atoms with Crippen LogP contribution in [0.5, 0.6) is 0 Å². The van der Waals surface area contributed by atoms with Gasteiger partial charge in [-0.1, -0.05) is 0 Å². The Balaban J connectivity index is 1.82. The number of hydrogen-bond donors (Lipinski definition) is 1. The van der Waals surface area contributed by atoms with Crippen LogP contribution >= 0.6 is 0 Å². The second kappa shape index (κ2) is 4.89. The van der Waals surface area contributed by atoms with Crippen LogP contribution in [0.2, 0.25) is 0 Å². The lowest BCUT2D eigenvalue weighted by atomic mass is 10.1. The average molecular weight is 260 g/mol. The molecule has 0 saturated heterocycles. The van der Waals surface area contributed by atoms with E-state index in [4.69, 9.17) is 4.42 Å². The van der Waals surface area contributed by atoms with E-state index in [1.807, 2.05) is 16.8 Å². The van der Waals surface area contributed by atoms with Crippen LogP contribution in [-0.4, -0.2) is 34.0 Å². The summed E-state index contributed by atoms with van der Waals surface area (Å²) in [6.45, 7) is 2.24. The third-order valence-corrected chi connectivity index (χ3v) is 3.43. The molecule has 0 radical (unpaired) electrons. The first-order chi connectivity index (χ1) is 9.28. The molecule has 1 aliphatic heterocycles. The summed E-state index contributed by atoms with van der Waals surface area (Å²) in [5.41, 5.74) is 2.17. The van der Waals surface area contributed by atoms with Crippen LogP contribution in [0.25, 0.3) is 0 Å². The van der Waals surface area contributed by atoms with Gasteiger partial charge in [-0.15, -0.1) is 0 Å². The van der Waals surface area contributed by atoms with Gasteiger partial charge in [0.2, 0.25) is 5.91 Å².